The average molecular weight is 558 g/mol. The topological polar surface area (TPSA) is 83.4 Å². The van der Waals surface area contributed by atoms with Gasteiger partial charge in [0.1, 0.15) is 10.6 Å². The van der Waals surface area contributed by atoms with E-state index in [4.69, 9.17) is 4.74 Å². The van der Waals surface area contributed by atoms with Crippen LogP contribution in [0.15, 0.2) is 54.9 Å². The third-order valence-electron chi connectivity index (χ3n) is 7.01. The summed E-state index contributed by atoms with van der Waals surface area (Å²) in [6, 6.07) is 13.8. The Bertz CT molecular complexity index is 1420. The van der Waals surface area contributed by atoms with E-state index in [0.29, 0.717) is 35.4 Å². The third kappa shape index (κ3) is 6.66. The van der Waals surface area contributed by atoms with Crippen LogP contribution in [0.4, 0.5) is 19.0 Å². The van der Waals surface area contributed by atoms with Crippen LogP contribution in [0.2, 0.25) is 0 Å². The van der Waals surface area contributed by atoms with Crippen LogP contribution < -0.4 is 15.0 Å². The Morgan fingerprint density at radius 1 is 1.10 bits per heavy atom. The summed E-state index contributed by atoms with van der Waals surface area (Å²) in [6.45, 7) is 0.658. The molecule has 2 N–H and O–H groups in total. The maximum atomic E-state index is 13.0. The van der Waals surface area contributed by atoms with Crippen molar-refractivity contribution < 1.29 is 23.0 Å². The molecule has 3 aromatic heterocycles. The second-order valence-electron chi connectivity index (χ2n) is 9.91. The van der Waals surface area contributed by atoms with Crippen molar-refractivity contribution in [1.82, 2.24) is 20.3 Å². The quantitative estimate of drug-likeness (QED) is 0.303. The van der Waals surface area contributed by atoms with E-state index < -0.39 is 18.7 Å². The van der Waals surface area contributed by atoms with Crippen LogP contribution in [0.25, 0.3) is 10.2 Å². The maximum Gasteiger partial charge on any atom is 0.393 e. The molecular weight excluding hydrogens is 527 g/mol. The number of likely N-dealkylation sites (N-methyl/N-ethyl adjacent to an activating group) is 1. The zero-order valence-electron chi connectivity index (χ0n) is 21.7. The van der Waals surface area contributed by atoms with E-state index in [1.165, 1.54) is 18.7 Å². The number of hydrogen-bond acceptors (Lipinski definition) is 8. The van der Waals surface area contributed by atoms with Crippen LogP contribution in [0.1, 0.15) is 34.4 Å². The molecule has 4 aromatic rings. The van der Waals surface area contributed by atoms with Gasteiger partial charge in [0.2, 0.25) is 0 Å². The Morgan fingerprint density at radius 2 is 1.90 bits per heavy atom. The summed E-state index contributed by atoms with van der Waals surface area (Å²) >= 11 is 0.980. The molecule has 3 atom stereocenters. The average Bonchev–Trinajstić information content (AvgIpc) is 3.48. The van der Waals surface area contributed by atoms with Gasteiger partial charge in [-0.3, -0.25) is 4.98 Å². The van der Waals surface area contributed by atoms with Gasteiger partial charge in [0.05, 0.1) is 31.1 Å². The number of rotatable bonds is 9. The molecule has 206 valence electrons. The molecule has 3 heterocycles. The van der Waals surface area contributed by atoms with Crippen LogP contribution >= 0.6 is 11.3 Å². The number of aromatic nitrogens is 3. The van der Waals surface area contributed by atoms with E-state index in [1.54, 1.807) is 13.2 Å². The lowest BCUT2D eigenvalue weighted by molar-refractivity contribution is -0.126. The van der Waals surface area contributed by atoms with Crippen LogP contribution in [-0.2, 0) is 19.4 Å². The Kier molecular flexibility index (Phi) is 8.01. The van der Waals surface area contributed by atoms with Gasteiger partial charge in [0.25, 0.3) is 0 Å². The second-order valence-corrected chi connectivity index (χ2v) is 11.0. The second kappa shape index (κ2) is 11.4. The molecule has 0 aliphatic heterocycles. The van der Waals surface area contributed by atoms with Crippen LogP contribution in [0.5, 0.6) is 6.01 Å². The summed E-state index contributed by atoms with van der Waals surface area (Å²) in [5.74, 6) is 0.453. The highest BCUT2D eigenvalue weighted by molar-refractivity contribution is 7.18. The van der Waals surface area contributed by atoms with Crippen molar-refractivity contribution >= 4 is 27.4 Å². The number of nitrogens with zero attached hydrogens (tertiary/aromatic N) is 4. The number of ether oxygens (including phenoxy) is 1. The number of alkyl halides is 3. The maximum absolute atomic E-state index is 13.0. The van der Waals surface area contributed by atoms with Gasteiger partial charge in [-0.25, -0.2) is 0 Å². The first-order valence-electron chi connectivity index (χ1n) is 12.7. The molecule has 0 amide bonds. The molecule has 0 unspecified atom stereocenters. The molecule has 1 aromatic carbocycles. The van der Waals surface area contributed by atoms with Crippen molar-refractivity contribution in [3.8, 4) is 6.01 Å². The molecule has 11 heteroatoms. The number of aliphatic hydroxyl groups is 1. The summed E-state index contributed by atoms with van der Waals surface area (Å²) in [6.07, 6.45) is -0.325. The van der Waals surface area contributed by atoms with Crippen molar-refractivity contribution in [2.45, 2.75) is 56.6 Å². The number of hydrogen-bond donors (Lipinski definition) is 2. The summed E-state index contributed by atoms with van der Waals surface area (Å²) in [5, 5.41) is 15.0. The molecular formula is C28H30F3N5O2S. The van der Waals surface area contributed by atoms with Crippen LogP contribution in [0.3, 0.4) is 0 Å². The first kappa shape index (κ1) is 27.3. The number of aliphatic hydroxyl groups excluding tert-OH is 1. The predicted molar refractivity (Wildman–Crippen MR) is 145 cm³/mol. The number of pyridine rings is 1. The van der Waals surface area contributed by atoms with Gasteiger partial charge >= 0.3 is 12.2 Å². The van der Waals surface area contributed by atoms with E-state index >= 15 is 0 Å². The van der Waals surface area contributed by atoms with Gasteiger partial charge in [0.15, 0.2) is 0 Å². The monoisotopic (exact) mass is 557 g/mol. The number of halogens is 3. The Balaban J connectivity index is 1.27. The Morgan fingerprint density at radius 3 is 2.64 bits per heavy atom. The molecule has 0 radical (unpaired) electrons. The van der Waals surface area contributed by atoms with Gasteiger partial charge in [-0.05, 0) is 48.1 Å². The van der Waals surface area contributed by atoms with Crippen molar-refractivity contribution in [2.24, 2.45) is 0 Å². The first-order valence-corrected chi connectivity index (χ1v) is 13.5. The standard InChI is InChI=1S/C28H30F3N5O2S/c1-36(25-22-13-21(14-28(29,30)31)39-26(22)35-27(34-25)38-2)23-11-20(12-24(23)37)33-16-19-6-3-5-17(10-19)9-18-7-4-8-32-15-18/h3-8,10,13,15,20,23-24,33,37H,9,11-12,14,16H2,1-2H3/t20-,23+,24-/m1/s1. The molecule has 1 fully saturated rings. The van der Waals surface area contributed by atoms with Crippen LogP contribution in [-0.4, -0.2) is 58.6 Å². The zero-order chi connectivity index (χ0) is 27.6. The SMILES string of the molecule is COc1nc(N(C)[C@H]2C[C@@H](NCc3cccc(Cc4cccnc4)c3)C[C@H]2O)c2cc(CC(F)(F)F)sc2n1. The zero-order valence-corrected chi connectivity index (χ0v) is 22.5. The minimum absolute atomic E-state index is 0.0666. The van der Waals surface area contributed by atoms with Gasteiger partial charge in [-0.1, -0.05) is 30.3 Å². The number of thiophene rings is 1. The van der Waals surface area contributed by atoms with E-state index in [0.717, 1.165) is 28.9 Å². The number of benzene rings is 1. The normalized spacial score (nSPS) is 19.5. The largest absolute Gasteiger partial charge is 0.467 e. The molecule has 39 heavy (non-hydrogen) atoms. The van der Waals surface area contributed by atoms with Crippen molar-refractivity contribution in [2.75, 3.05) is 19.1 Å². The fourth-order valence-corrected chi connectivity index (χ4v) is 6.21. The fraction of sp³-hybridized carbons (Fsp3) is 0.393. The summed E-state index contributed by atoms with van der Waals surface area (Å²) in [5.41, 5.74) is 3.51. The van der Waals surface area contributed by atoms with Crippen molar-refractivity contribution in [3.05, 3.63) is 76.4 Å². The number of methoxy groups -OCH3 is 1. The Labute approximate surface area is 228 Å². The molecule has 7 nitrogen and oxygen atoms in total. The minimum Gasteiger partial charge on any atom is -0.467 e. The molecule has 0 spiro atoms. The lowest BCUT2D eigenvalue weighted by Gasteiger charge is -2.28. The molecule has 1 saturated carbocycles. The first-order chi connectivity index (χ1) is 18.7. The van der Waals surface area contributed by atoms with Crippen LogP contribution in [0, 0.1) is 0 Å². The highest BCUT2D eigenvalue weighted by Crippen LogP contribution is 2.37. The van der Waals surface area contributed by atoms with Crippen molar-refractivity contribution in [1.29, 1.82) is 0 Å². The van der Waals surface area contributed by atoms with Crippen molar-refractivity contribution in [3.63, 3.8) is 0 Å². The number of anilines is 1. The highest BCUT2D eigenvalue weighted by Gasteiger charge is 2.37. The van der Waals surface area contributed by atoms with E-state index in [-0.39, 0.29) is 23.0 Å². The minimum atomic E-state index is -4.32. The van der Waals surface area contributed by atoms with E-state index in [2.05, 4.69) is 44.5 Å². The summed E-state index contributed by atoms with van der Waals surface area (Å²) < 4.78 is 44.3. The molecule has 0 saturated heterocycles. The summed E-state index contributed by atoms with van der Waals surface area (Å²) in [4.78, 5) is 15.3. The number of nitrogens with one attached hydrogen (secondary N) is 1. The Hall–Kier alpha value is -3.28. The molecule has 1 aliphatic carbocycles. The van der Waals surface area contributed by atoms with E-state index in [9.17, 15) is 18.3 Å². The fourth-order valence-electron chi connectivity index (χ4n) is 5.17. The van der Waals surface area contributed by atoms with Gasteiger partial charge in [0, 0.05) is 36.9 Å². The highest BCUT2D eigenvalue weighted by atomic mass is 32.1. The molecule has 1 aliphatic rings. The predicted octanol–water partition coefficient (Wildman–Crippen LogP) is 4.91. The molecule has 5 rings (SSSR count). The third-order valence-corrected chi connectivity index (χ3v) is 8.03. The van der Waals surface area contributed by atoms with E-state index in [1.807, 2.05) is 23.2 Å². The van der Waals surface area contributed by atoms with Gasteiger partial charge in [-0.2, -0.15) is 23.1 Å². The van der Waals surface area contributed by atoms with Gasteiger partial charge in [-0.15, -0.1) is 11.3 Å². The number of fused-ring (bicyclic) bond motifs is 1. The smallest absolute Gasteiger partial charge is 0.393 e. The molecule has 0 bridgehead atoms. The summed E-state index contributed by atoms with van der Waals surface area (Å²) in [7, 11) is 3.23. The van der Waals surface area contributed by atoms with Gasteiger partial charge < -0.3 is 20.1 Å². The lowest BCUT2D eigenvalue weighted by atomic mass is 10.0. The lowest BCUT2D eigenvalue weighted by Crippen LogP contribution is -2.38.